The van der Waals surface area contributed by atoms with Crippen LogP contribution in [-0.2, 0) is 17.8 Å². The summed E-state index contributed by atoms with van der Waals surface area (Å²) in [5, 5.41) is 0. The Kier molecular flexibility index (Phi) is 6.49. The highest BCUT2D eigenvalue weighted by atomic mass is 16.2. The van der Waals surface area contributed by atoms with Crippen LogP contribution in [-0.4, -0.2) is 66.9 Å². The molecule has 1 aromatic rings. The molecule has 0 bridgehead atoms. The average molecular weight is 344 g/mol. The van der Waals surface area contributed by atoms with Crippen molar-refractivity contribution >= 4 is 5.91 Å². The molecule has 2 aliphatic heterocycles. The van der Waals surface area contributed by atoms with Gasteiger partial charge < -0.3 is 4.90 Å². The van der Waals surface area contributed by atoms with E-state index in [9.17, 15) is 4.79 Å². The highest BCUT2D eigenvalue weighted by molar-refractivity contribution is 5.78. The number of likely N-dealkylation sites (tertiary alicyclic amines) is 1. The fraction of sp³-hybridized carbons (Fsp3) is 0.667. The van der Waals surface area contributed by atoms with Crippen molar-refractivity contribution in [2.75, 3.05) is 40.3 Å². The number of hydrogen-bond donors (Lipinski definition) is 0. The SMILES string of the molecule is CN(C[C@@H]1Cc2ccccc2CN1C)C(=O)CN1CCCCCCC1. The minimum absolute atomic E-state index is 0.271. The summed E-state index contributed by atoms with van der Waals surface area (Å²) in [6, 6.07) is 9.11. The monoisotopic (exact) mass is 343 g/mol. The summed E-state index contributed by atoms with van der Waals surface area (Å²) in [5.41, 5.74) is 2.87. The first kappa shape index (κ1) is 18.4. The van der Waals surface area contributed by atoms with E-state index in [0.717, 1.165) is 32.6 Å². The molecule has 0 spiro atoms. The molecule has 0 N–H and O–H groups in total. The number of rotatable bonds is 4. The number of carbonyl (C=O) groups excluding carboxylic acids is 1. The van der Waals surface area contributed by atoms with Crippen LogP contribution in [0.3, 0.4) is 0 Å². The second kappa shape index (κ2) is 8.81. The molecular weight excluding hydrogens is 310 g/mol. The van der Waals surface area contributed by atoms with E-state index in [1.165, 1.54) is 43.2 Å². The van der Waals surface area contributed by atoms with Gasteiger partial charge in [0.05, 0.1) is 6.54 Å². The molecule has 1 saturated heterocycles. The molecule has 138 valence electrons. The zero-order valence-corrected chi connectivity index (χ0v) is 15.9. The Bertz CT molecular complexity index is 566. The third-order valence-corrected chi connectivity index (χ3v) is 5.83. The topological polar surface area (TPSA) is 26.8 Å². The van der Waals surface area contributed by atoms with Gasteiger partial charge in [-0.2, -0.15) is 0 Å². The van der Waals surface area contributed by atoms with Gasteiger partial charge in [0.15, 0.2) is 0 Å². The van der Waals surface area contributed by atoms with Crippen LogP contribution in [0.25, 0.3) is 0 Å². The van der Waals surface area contributed by atoms with Crippen molar-refractivity contribution in [3.63, 3.8) is 0 Å². The summed E-state index contributed by atoms with van der Waals surface area (Å²) in [6.07, 6.45) is 7.49. The first-order valence-electron chi connectivity index (χ1n) is 9.87. The predicted molar refractivity (Wildman–Crippen MR) is 103 cm³/mol. The lowest BCUT2D eigenvalue weighted by molar-refractivity contribution is -0.132. The van der Waals surface area contributed by atoms with Crippen molar-refractivity contribution < 1.29 is 4.79 Å². The van der Waals surface area contributed by atoms with Crippen molar-refractivity contribution in [3.8, 4) is 0 Å². The number of likely N-dealkylation sites (N-methyl/N-ethyl adjacent to an activating group) is 2. The van der Waals surface area contributed by atoms with Gasteiger partial charge in [0, 0.05) is 26.2 Å². The van der Waals surface area contributed by atoms with Crippen molar-refractivity contribution in [1.29, 1.82) is 0 Å². The van der Waals surface area contributed by atoms with Gasteiger partial charge in [-0.05, 0) is 50.5 Å². The van der Waals surface area contributed by atoms with Crippen LogP contribution in [0.1, 0.15) is 43.2 Å². The summed E-state index contributed by atoms with van der Waals surface area (Å²) < 4.78 is 0. The molecule has 0 aliphatic carbocycles. The summed E-state index contributed by atoms with van der Waals surface area (Å²) >= 11 is 0. The van der Waals surface area contributed by atoms with Crippen LogP contribution >= 0.6 is 0 Å². The first-order valence-corrected chi connectivity index (χ1v) is 9.87. The number of benzene rings is 1. The van der Waals surface area contributed by atoms with Gasteiger partial charge in [0.25, 0.3) is 0 Å². The molecular formula is C21H33N3O. The Morgan fingerprint density at radius 1 is 1.08 bits per heavy atom. The molecule has 4 nitrogen and oxygen atoms in total. The smallest absolute Gasteiger partial charge is 0.236 e. The second-order valence-corrected chi connectivity index (χ2v) is 7.86. The fourth-order valence-electron chi connectivity index (χ4n) is 4.12. The molecule has 0 unspecified atom stereocenters. The van der Waals surface area contributed by atoms with Gasteiger partial charge in [-0.1, -0.05) is 43.5 Å². The third-order valence-electron chi connectivity index (χ3n) is 5.83. The maximum absolute atomic E-state index is 12.7. The van der Waals surface area contributed by atoms with Crippen molar-refractivity contribution in [2.45, 2.75) is 51.1 Å². The van der Waals surface area contributed by atoms with E-state index in [0.29, 0.717) is 12.6 Å². The van der Waals surface area contributed by atoms with Gasteiger partial charge in [-0.25, -0.2) is 0 Å². The van der Waals surface area contributed by atoms with E-state index >= 15 is 0 Å². The zero-order chi connectivity index (χ0) is 17.6. The van der Waals surface area contributed by atoms with Gasteiger partial charge in [0.2, 0.25) is 5.91 Å². The maximum Gasteiger partial charge on any atom is 0.236 e. The molecule has 3 rings (SSSR count). The Labute approximate surface area is 152 Å². The highest BCUT2D eigenvalue weighted by Crippen LogP contribution is 2.22. The van der Waals surface area contributed by atoms with Crippen LogP contribution in [0.5, 0.6) is 0 Å². The van der Waals surface area contributed by atoms with E-state index in [2.05, 4.69) is 41.1 Å². The molecule has 2 heterocycles. The molecule has 1 aromatic carbocycles. The van der Waals surface area contributed by atoms with E-state index in [-0.39, 0.29) is 5.91 Å². The van der Waals surface area contributed by atoms with Gasteiger partial charge in [-0.15, -0.1) is 0 Å². The van der Waals surface area contributed by atoms with Crippen LogP contribution in [0.4, 0.5) is 0 Å². The van der Waals surface area contributed by atoms with Crippen molar-refractivity contribution in [1.82, 2.24) is 14.7 Å². The molecule has 4 heteroatoms. The second-order valence-electron chi connectivity index (χ2n) is 7.86. The molecule has 0 saturated carbocycles. The lowest BCUT2D eigenvalue weighted by atomic mass is 9.94. The number of amides is 1. The zero-order valence-electron chi connectivity index (χ0n) is 15.9. The van der Waals surface area contributed by atoms with Crippen LogP contribution < -0.4 is 0 Å². The normalized spacial score (nSPS) is 22.7. The van der Waals surface area contributed by atoms with E-state index in [1.54, 1.807) is 0 Å². The predicted octanol–water partition coefficient (Wildman–Crippen LogP) is 2.77. The Morgan fingerprint density at radius 2 is 1.72 bits per heavy atom. The largest absolute Gasteiger partial charge is 0.343 e. The van der Waals surface area contributed by atoms with Crippen LogP contribution in [0.15, 0.2) is 24.3 Å². The van der Waals surface area contributed by atoms with Gasteiger partial charge in [0.1, 0.15) is 0 Å². The summed E-state index contributed by atoms with van der Waals surface area (Å²) in [7, 11) is 4.15. The number of carbonyl (C=O) groups is 1. The maximum atomic E-state index is 12.7. The average Bonchev–Trinajstić information content (AvgIpc) is 2.57. The molecule has 25 heavy (non-hydrogen) atoms. The van der Waals surface area contributed by atoms with E-state index in [4.69, 9.17) is 0 Å². The standard InChI is InChI=1S/C21H33N3O/c1-22-15-19-11-7-6-10-18(19)14-20(22)16-23(2)21(25)17-24-12-8-4-3-5-9-13-24/h6-7,10-11,20H,3-5,8-9,12-17H2,1-2H3/t20-/m0/s1. The van der Waals surface area contributed by atoms with E-state index < -0.39 is 0 Å². The Morgan fingerprint density at radius 3 is 2.44 bits per heavy atom. The van der Waals surface area contributed by atoms with Gasteiger partial charge in [-0.3, -0.25) is 14.6 Å². The lowest BCUT2D eigenvalue weighted by Crippen LogP contribution is -2.48. The third kappa shape index (κ3) is 5.05. The Balaban J connectivity index is 1.52. The van der Waals surface area contributed by atoms with Gasteiger partial charge >= 0.3 is 0 Å². The number of fused-ring (bicyclic) bond motifs is 1. The molecule has 0 aromatic heterocycles. The quantitative estimate of drug-likeness (QED) is 0.841. The van der Waals surface area contributed by atoms with Crippen molar-refractivity contribution in [2.24, 2.45) is 0 Å². The molecule has 2 aliphatic rings. The van der Waals surface area contributed by atoms with Crippen LogP contribution in [0.2, 0.25) is 0 Å². The number of hydrogen-bond acceptors (Lipinski definition) is 3. The molecule has 1 amide bonds. The molecule has 1 atom stereocenters. The molecule has 1 fully saturated rings. The highest BCUT2D eigenvalue weighted by Gasteiger charge is 2.26. The molecule has 0 radical (unpaired) electrons. The minimum Gasteiger partial charge on any atom is -0.343 e. The lowest BCUT2D eigenvalue weighted by Gasteiger charge is -2.37. The first-order chi connectivity index (χ1) is 12.1. The summed E-state index contributed by atoms with van der Waals surface area (Å²) in [5.74, 6) is 0.271. The van der Waals surface area contributed by atoms with Crippen LogP contribution in [0, 0.1) is 0 Å². The number of nitrogens with zero attached hydrogens (tertiary/aromatic N) is 3. The summed E-state index contributed by atoms with van der Waals surface area (Å²) in [6.45, 7) is 4.54. The summed E-state index contributed by atoms with van der Waals surface area (Å²) in [4.78, 5) is 19.4. The fourth-order valence-corrected chi connectivity index (χ4v) is 4.12. The van der Waals surface area contributed by atoms with E-state index in [1.807, 2.05) is 11.9 Å². The van der Waals surface area contributed by atoms with Crippen molar-refractivity contribution in [3.05, 3.63) is 35.4 Å². The minimum atomic E-state index is 0.271. The Hall–Kier alpha value is -1.39.